The number of nitrogens with one attached hydrogen (secondary N) is 1. The van der Waals surface area contributed by atoms with Gasteiger partial charge in [0.05, 0.1) is 5.69 Å². The summed E-state index contributed by atoms with van der Waals surface area (Å²) in [6.45, 7) is 4.75. The van der Waals surface area contributed by atoms with Gasteiger partial charge in [-0.2, -0.15) is 5.10 Å². The molecule has 2 heterocycles. The number of likely N-dealkylation sites (tertiary alicyclic amines) is 1. The van der Waals surface area contributed by atoms with E-state index in [-0.39, 0.29) is 0 Å². The minimum absolute atomic E-state index is 0.848. The molecule has 94 valence electrons. The summed E-state index contributed by atoms with van der Waals surface area (Å²) in [7, 11) is 2.03. The molecule has 0 radical (unpaired) electrons. The van der Waals surface area contributed by atoms with Gasteiger partial charge in [-0.25, -0.2) is 0 Å². The normalized spacial score (nSPS) is 25.6. The average molecular weight is 234 g/mol. The van der Waals surface area contributed by atoms with E-state index in [0.29, 0.717) is 0 Å². The van der Waals surface area contributed by atoms with Crippen molar-refractivity contribution in [3.8, 4) is 0 Å². The van der Waals surface area contributed by atoms with Crippen LogP contribution in [0.2, 0.25) is 0 Å². The van der Waals surface area contributed by atoms with E-state index < -0.39 is 0 Å². The molecule has 3 rings (SSSR count). The summed E-state index contributed by atoms with van der Waals surface area (Å²) in [4.78, 5) is 2.55. The Morgan fingerprint density at radius 3 is 3.00 bits per heavy atom. The van der Waals surface area contributed by atoms with Crippen molar-refractivity contribution in [1.29, 1.82) is 0 Å². The summed E-state index contributed by atoms with van der Waals surface area (Å²) in [5, 5.41) is 7.87. The Bertz CT molecular complexity index is 369. The fraction of sp³-hybridized carbons (Fsp3) is 0.769. The van der Waals surface area contributed by atoms with Gasteiger partial charge in [0.1, 0.15) is 0 Å². The number of aromatic nitrogens is 2. The van der Waals surface area contributed by atoms with Gasteiger partial charge >= 0.3 is 0 Å². The monoisotopic (exact) mass is 234 g/mol. The van der Waals surface area contributed by atoms with Gasteiger partial charge in [-0.1, -0.05) is 0 Å². The highest BCUT2D eigenvalue weighted by Crippen LogP contribution is 2.22. The smallest absolute Gasteiger partial charge is 0.0521 e. The van der Waals surface area contributed by atoms with Crippen LogP contribution in [0.15, 0.2) is 12.3 Å². The Hall–Kier alpha value is -0.870. The van der Waals surface area contributed by atoms with Gasteiger partial charge in [-0.05, 0) is 44.3 Å². The number of aryl methyl sites for hydroxylation is 1. The Labute approximate surface area is 103 Å². The van der Waals surface area contributed by atoms with Crippen LogP contribution in [-0.4, -0.2) is 40.4 Å². The molecule has 1 saturated heterocycles. The van der Waals surface area contributed by atoms with Crippen molar-refractivity contribution in [2.24, 2.45) is 13.0 Å². The minimum Gasteiger partial charge on any atom is -0.314 e. The second kappa shape index (κ2) is 4.78. The molecule has 2 aliphatic rings. The van der Waals surface area contributed by atoms with Crippen LogP contribution < -0.4 is 5.32 Å². The molecule has 0 spiro atoms. The third-order valence-corrected chi connectivity index (χ3v) is 3.95. The zero-order chi connectivity index (χ0) is 11.7. The lowest BCUT2D eigenvalue weighted by molar-refractivity contribution is 0.305. The average Bonchev–Trinajstić information content (AvgIpc) is 2.92. The molecule has 1 aromatic rings. The molecule has 1 aliphatic heterocycles. The Morgan fingerprint density at radius 1 is 1.41 bits per heavy atom. The first kappa shape index (κ1) is 11.2. The summed E-state index contributed by atoms with van der Waals surface area (Å²) >= 11 is 0. The SMILES string of the molecule is Cn1nccc1CN1CCC(CNC2CC2)C1. The molecule has 1 atom stereocenters. The van der Waals surface area contributed by atoms with Crippen LogP contribution in [0.4, 0.5) is 0 Å². The van der Waals surface area contributed by atoms with Crippen molar-refractivity contribution in [3.05, 3.63) is 18.0 Å². The zero-order valence-corrected chi connectivity index (χ0v) is 10.6. The number of hydrogen-bond donors (Lipinski definition) is 1. The van der Waals surface area contributed by atoms with E-state index in [1.165, 1.54) is 44.6 Å². The molecule has 4 heteroatoms. The summed E-state index contributed by atoms with van der Waals surface area (Å²) < 4.78 is 1.98. The summed E-state index contributed by atoms with van der Waals surface area (Å²) in [6.07, 6.45) is 6.02. The van der Waals surface area contributed by atoms with Crippen LogP contribution in [-0.2, 0) is 13.6 Å². The van der Waals surface area contributed by atoms with E-state index in [2.05, 4.69) is 21.4 Å². The lowest BCUT2D eigenvalue weighted by atomic mass is 10.1. The third kappa shape index (κ3) is 2.87. The standard InChI is InChI=1S/C13H22N4/c1-16-13(4-6-15-16)10-17-7-5-11(9-17)8-14-12-2-3-12/h4,6,11-12,14H,2-3,5,7-10H2,1H3. The van der Waals surface area contributed by atoms with Crippen molar-refractivity contribution in [2.45, 2.75) is 31.8 Å². The first-order chi connectivity index (χ1) is 8.31. The second-order valence-electron chi connectivity index (χ2n) is 5.52. The van der Waals surface area contributed by atoms with E-state index in [0.717, 1.165) is 18.5 Å². The van der Waals surface area contributed by atoms with Crippen molar-refractivity contribution in [2.75, 3.05) is 19.6 Å². The number of hydrogen-bond acceptors (Lipinski definition) is 3. The molecule has 1 aliphatic carbocycles. The van der Waals surface area contributed by atoms with Crippen molar-refractivity contribution < 1.29 is 0 Å². The maximum Gasteiger partial charge on any atom is 0.0521 e. The Balaban J connectivity index is 1.45. The molecule has 0 amide bonds. The molecule has 1 N–H and O–H groups in total. The van der Waals surface area contributed by atoms with Gasteiger partial charge in [0.15, 0.2) is 0 Å². The van der Waals surface area contributed by atoms with Crippen molar-refractivity contribution >= 4 is 0 Å². The lowest BCUT2D eigenvalue weighted by Gasteiger charge is -2.16. The molecular weight excluding hydrogens is 212 g/mol. The van der Waals surface area contributed by atoms with Crippen LogP contribution >= 0.6 is 0 Å². The van der Waals surface area contributed by atoms with Crippen LogP contribution in [0.25, 0.3) is 0 Å². The fourth-order valence-corrected chi connectivity index (χ4v) is 2.63. The highest BCUT2D eigenvalue weighted by atomic mass is 15.3. The van der Waals surface area contributed by atoms with Gasteiger partial charge in [-0.3, -0.25) is 9.58 Å². The molecule has 1 unspecified atom stereocenters. The number of nitrogens with zero attached hydrogens (tertiary/aromatic N) is 3. The molecule has 1 aromatic heterocycles. The minimum atomic E-state index is 0.848. The lowest BCUT2D eigenvalue weighted by Crippen LogP contribution is -2.27. The fourth-order valence-electron chi connectivity index (χ4n) is 2.63. The highest BCUT2D eigenvalue weighted by molar-refractivity contribution is 5.00. The van der Waals surface area contributed by atoms with E-state index in [1.54, 1.807) is 0 Å². The maximum absolute atomic E-state index is 4.22. The van der Waals surface area contributed by atoms with E-state index in [9.17, 15) is 0 Å². The van der Waals surface area contributed by atoms with Crippen LogP contribution in [0, 0.1) is 5.92 Å². The Kier molecular flexibility index (Phi) is 3.16. The highest BCUT2D eigenvalue weighted by Gasteiger charge is 2.26. The van der Waals surface area contributed by atoms with Crippen LogP contribution in [0.5, 0.6) is 0 Å². The maximum atomic E-state index is 4.22. The zero-order valence-electron chi connectivity index (χ0n) is 10.6. The van der Waals surface area contributed by atoms with E-state index in [4.69, 9.17) is 0 Å². The second-order valence-corrected chi connectivity index (χ2v) is 5.52. The summed E-state index contributed by atoms with van der Waals surface area (Å²) in [5.74, 6) is 0.851. The quantitative estimate of drug-likeness (QED) is 0.825. The van der Waals surface area contributed by atoms with E-state index >= 15 is 0 Å². The predicted octanol–water partition coefficient (Wildman–Crippen LogP) is 0.994. The largest absolute Gasteiger partial charge is 0.314 e. The van der Waals surface area contributed by atoms with Crippen LogP contribution in [0.3, 0.4) is 0 Å². The van der Waals surface area contributed by atoms with Crippen LogP contribution in [0.1, 0.15) is 25.0 Å². The molecule has 0 aromatic carbocycles. The van der Waals surface area contributed by atoms with Crippen molar-refractivity contribution in [3.63, 3.8) is 0 Å². The topological polar surface area (TPSA) is 33.1 Å². The number of rotatable bonds is 5. The molecular formula is C13H22N4. The molecule has 0 bridgehead atoms. The summed E-state index contributed by atoms with van der Waals surface area (Å²) in [6, 6.07) is 2.97. The van der Waals surface area contributed by atoms with Gasteiger partial charge in [0, 0.05) is 32.4 Å². The summed E-state index contributed by atoms with van der Waals surface area (Å²) in [5.41, 5.74) is 1.32. The Morgan fingerprint density at radius 2 is 2.29 bits per heavy atom. The van der Waals surface area contributed by atoms with Crippen molar-refractivity contribution in [1.82, 2.24) is 20.0 Å². The van der Waals surface area contributed by atoms with Gasteiger partial charge in [0.25, 0.3) is 0 Å². The van der Waals surface area contributed by atoms with Gasteiger partial charge < -0.3 is 5.32 Å². The predicted molar refractivity (Wildman–Crippen MR) is 67.6 cm³/mol. The first-order valence-corrected chi connectivity index (χ1v) is 6.74. The van der Waals surface area contributed by atoms with Gasteiger partial charge in [-0.15, -0.1) is 0 Å². The van der Waals surface area contributed by atoms with E-state index in [1.807, 2.05) is 17.9 Å². The van der Waals surface area contributed by atoms with Gasteiger partial charge in [0.2, 0.25) is 0 Å². The first-order valence-electron chi connectivity index (χ1n) is 6.74. The molecule has 2 fully saturated rings. The molecule has 1 saturated carbocycles. The molecule has 4 nitrogen and oxygen atoms in total. The molecule has 17 heavy (non-hydrogen) atoms. The third-order valence-electron chi connectivity index (χ3n) is 3.95.